The summed E-state index contributed by atoms with van der Waals surface area (Å²) in [6.45, 7) is 0.550. The molecule has 3 nitrogen and oxygen atoms in total. The van der Waals surface area contributed by atoms with Crippen LogP contribution in [-0.4, -0.2) is 9.59 Å². The number of hydrogen-bond acceptors (Lipinski definition) is 4. The minimum Gasteiger partial charge on any atom is -0.378 e. The second-order valence-electron chi connectivity index (χ2n) is 3.00. The number of rotatable bonds is 3. The van der Waals surface area contributed by atoms with Crippen LogP contribution in [0.3, 0.4) is 0 Å². The third-order valence-electron chi connectivity index (χ3n) is 1.88. The zero-order valence-corrected chi connectivity index (χ0v) is 11.0. The Hall–Kier alpha value is -0.550. The highest BCUT2D eigenvalue weighted by atomic mass is 35.5. The zero-order chi connectivity index (χ0) is 11.5. The van der Waals surface area contributed by atoms with E-state index in [9.17, 15) is 0 Å². The monoisotopic (exact) mass is 293 g/mol. The Labute approximate surface area is 112 Å². The van der Waals surface area contributed by atoms with E-state index in [4.69, 9.17) is 34.8 Å². The average molecular weight is 295 g/mol. The highest BCUT2D eigenvalue weighted by Gasteiger charge is 2.06. The summed E-state index contributed by atoms with van der Waals surface area (Å²) in [6.07, 6.45) is 0. The van der Waals surface area contributed by atoms with E-state index in [0.717, 1.165) is 11.4 Å². The Morgan fingerprint density at radius 2 is 1.88 bits per heavy atom. The van der Waals surface area contributed by atoms with Gasteiger partial charge in [-0.1, -0.05) is 39.3 Å². The molecule has 0 aliphatic carbocycles. The predicted octanol–water partition coefficient (Wildman–Crippen LogP) is 4.11. The summed E-state index contributed by atoms with van der Waals surface area (Å²) >= 11 is 19.0. The molecule has 0 radical (unpaired) electrons. The third kappa shape index (κ3) is 2.77. The predicted molar refractivity (Wildman–Crippen MR) is 68.7 cm³/mol. The summed E-state index contributed by atoms with van der Waals surface area (Å²) in [6, 6.07) is 3.29. The molecule has 0 amide bonds. The second-order valence-corrected chi connectivity index (χ2v) is 4.83. The fourth-order valence-corrected chi connectivity index (χ4v) is 2.17. The molecule has 0 spiro atoms. The van der Waals surface area contributed by atoms with Crippen molar-refractivity contribution < 1.29 is 0 Å². The smallest absolute Gasteiger partial charge is 0.0946 e. The number of anilines is 1. The third-order valence-corrected chi connectivity index (χ3v) is 3.46. The Balaban J connectivity index is 2.12. The lowest BCUT2D eigenvalue weighted by atomic mass is 10.3. The number of benzene rings is 1. The van der Waals surface area contributed by atoms with Crippen molar-refractivity contribution in [3.8, 4) is 0 Å². The molecule has 0 atom stereocenters. The molecule has 0 aliphatic rings. The van der Waals surface area contributed by atoms with E-state index in [1.54, 1.807) is 12.1 Å². The Morgan fingerprint density at radius 1 is 1.12 bits per heavy atom. The average Bonchev–Trinajstić information content (AvgIpc) is 2.74. The van der Waals surface area contributed by atoms with Crippen LogP contribution in [0.5, 0.6) is 0 Å². The summed E-state index contributed by atoms with van der Waals surface area (Å²) in [4.78, 5) is 0. The van der Waals surface area contributed by atoms with Crippen LogP contribution >= 0.6 is 46.3 Å². The number of nitrogens with one attached hydrogen (secondary N) is 1. The topological polar surface area (TPSA) is 37.8 Å². The van der Waals surface area contributed by atoms with Crippen molar-refractivity contribution in [3.63, 3.8) is 0 Å². The molecule has 84 valence electrons. The lowest BCUT2D eigenvalue weighted by molar-refractivity contribution is 0.999. The van der Waals surface area contributed by atoms with Gasteiger partial charge in [0.1, 0.15) is 0 Å². The SMILES string of the molecule is Clc1cc(Cl)c(NCc2csnn2)cc1Cl. The van der Waals surface area contributed by atoms with Gasteiger partial charge in [-0.2, -0.15) is 0 Å². The summed E-state index contributed by atoms with van der Waals surface area (Å²) < 4.78 is 3.76. The van der Waals surface area contributed by atoms with E-state index < -0.39 is 0 Å². The number of aromatic nitrogens is 2. The fourth-order valence-electron chi connectivity index (χ4n) is 1.10. The van der Waals surface area contributed by atoms with E-state index in [1.807, 2.05) is 5.38 Å². The summed E-state index contributed by atoms with van der Waals surface area (Å²) in [5.74, 6) is 0. The Kier molecular flexibility index (Phi) is 3.86. The van der Waals surface area contributed by atoms with Crippen molar-refractivity contribution in [3.05, 3.63) is 38.3 Å². The van der Waals surface area contributed by atoms with Crippen molar-refractivity contribution in [2.75, 3.05) is 5.32 Å². The minimum atomic E-state index is 0.438. The minimum absolute atomic E-state index is 0.438. The normalized spacial score (nSPS) is 10.4. The van der Waals surface area contributed by atoms with E-state index in [-0.39, 0.29) is 0 Å². The Bertz CT molecular complexity index is 487. The molecule has 16 heavy (non-hydrogen) atoms. The van der Waals surface area contributed by atoms with Crippen molar-refractivity contribution in [1.82, 2.24) is 9.59 Å². The van der Waals surface area contributed by atoms with Crippen LogP contribution in [0.4, 0.5) is 5.69 Å². The molecule has 1 heterocycles. The maximum atomic E-state index is 6.00. The van der Waals surface area contributed by atoms with Gasteiger partial charge in [-0.25, -0.2) is 0 Å². The molecule has 1 aromatic carbocycles. The summed E-state index contributed by atoms with van der Waals surface area (Å²) in [5, 5.41) is 10.3. The van der Waals surface area contributed by atoms with Crippen LogP contribution in [0.15, 0.2) is 17.5 Å². The fraction of sp³-hybridized carbons (Fsp3) is 0.111. The largest absolute Gasteiger partial charge is 0.378 e. The van der Waals surface area contributed by atoms with Crippen molar-refractivity contribution >= 4 is 52.0 Å². The lowest BCUT2D eigenvalue weighted by Gasteiger charge is -2.08. The molecular formula is C9H6Cl3N3S. The molecular weight excluding hydrogens is 289 g/mol. The number of halogens is 3. The standard InChI is InChI=1S/C9H6Cl3N3S/c10-6-1-8(12)9(2-7(6)11)13-3-5-4-16-15-14-5/h1-2,4,13H,3H2. The molecule has 0 aliphatic heterocycles. The Morgan fingerprint density at radius 3 is 2.56 bits per heavy atom. The van der Waals surface area contributed by atoms with Gasteiger partial charge in [0.15, 0.2) is 0 Å². The van der Waals surface area contributed by atoms with Crippen molar-refractivity contribution in [2.45, 2.75) is 6.54 Å². The van der Waals surface area contributed by atoms with Crippen molar-refractivity contribution in [1.29, 1.82) is 0 Å². The summed E-state index contributed by atoms with van der Waals surface area (Å²) in [5.41, 5.74) is 1.58. The van der Waals surface area contributed by atoms with Crippen LogP contribution in [0.2, 0.25) is 15.1 Å². The quantitative estimate of drug-likeness (QED) is 0.866. The van der Waals surface area contributed by atoms with Gasteiger partial charge >= 0.3 is 0 Å². The molecule has 2 aromatic rings. The molecule has 0 saturated heterocycles. The molecule has 0 saturated carbocycles. The molecule has 0 fully saturated rings. The first kappa shape index (κ1) is 11.9. The molecule has 0 unspecified atom stereocenters. The molecule has 7 heteroatoms. The van der Waals surface area contributed by atoms with E-state index in [2.05, 4.69) is 14.9 Å². The lowest BCUT2D eigenvalue weighted by Crippen LogP contribution is -2.00. The van der Waals surface area contributed by atoms with Crippen LogP contribution in [0, 0.1) is 0 Å². The van der Waals surface area contributed by atoms with Gasteiger partial charge in [0.2, 0.25) is 0 Å². The first-order valence-corrected chi connectivity index (χ1v) is 6.28. The highest BCUT2D eigenvalue weighted by Crippen LogP contribution is 2.32. The zero-order valence-electron chi connectivity index (χ0n) is 7.88. The van der Waals surface area contributed by atoms with Gasteiger partial charge in [-0.05, 0) is 23.7 Å². The van der Waals surface area contributed by atoms with Gasteiger partial charge in [-0.3, -0.25) is 0 Å². The second kappa shape index (κ2) is 5.19. The maximum Gasteiger partial charge on any atom is 0.0946 e. The van der Waals surface area contributed by atoms with Gasteiger partial charge in [0.05, 0.1) is 33.0 Å². The van der Waals surface area contributed by atoms with Crippen LogP contribution in [-0.2, 0) is 6.54 Å². The first-order chi connectivity index (χ1) is 7.66. The van der Waals surface area contributed by atoms with Crippen molar-refractivity contribution in [2.24, 2.45) is 0 Å². The molecule has 2 rings (SSSR count). The van der Waals surface area contributed by atoms with Gasteiger partial charge in [-0.15, -0.1) is 5.10 Å². The van der Waals surface area contributed by atoms with Crippen LogP contribution < -0.4 is 5.32 Å². The maximum absolute atomic E-state index is 6.00. The first-order valence-electron chi connectivity index (χ1n) is 4.31. The molecule has 0 bridgehead atoms. The van der Waals surface area contributed by atoms with E-state index in [0.29, 0.717) is 21.6 Å². The van der Waals surface area contributed by atoms with E-state index in [1.165, 1.54) is 11.5 Å². The van der Waals surface area contributed by atoms with Gasteiger partial charge < -0.3 is 5.32 Å². The summed E-state index contributed by atoms with van der Waals surface area (Å²) in [7, 11) is 0. The number of nitrogens with zero attached hydrogens (tertiary/aromatic N) is 2. The number of hydrogen-bond donors (Lipinski definition) is 1. The highest BCUT2D eigenvalue weighted by molar-refractivity contribution is 7.03. The molecule has 1 aromatic heterocycles. The van der Waals surface area contributed by atoms with Crippen LogP contribution in [0.25, 0.3) is 0 Å². The van der Waals surface area contributed by atoms with Crippen LogP contribution in [0.1, 0.15) is 5.69 Å². The van der Waals surface area contributed by atoms with Gasteiger partial charge in [0.25, 0.3) is 0 Å². The van der Waals surface area contributed by atoms with E-state index >= 15 is 0 Å². The van der Waals surface area contributed by atoms with Gasteiger partial charge in [0, 0.05) is 5.38 Å². The molecule has 1 N–H and O–H groups in total.